The van der Waals surface area contributed by atoms with E-state index in [9.17, 15) is 9.90 Å². The molecule has 86 valence electrons. The third-order valence-corrected chi connectivity index (χ3v) is 3.08. The Balaban J connectivity index is 2.47. The van der Waals surface area contributed by atoms with Gasteiger partial charge in [0.25, 0.3) is 0 Å². The van der Waals surface area contributed by atoms with E-state index in [1.165, 1.54) is 12.8 Å². The number of para-hydroxylation sites is 1. The van der Waals surface area contributed by atoms with Gasteiger partial charge in [-0.1, -0.05) is 12.1 Å². The third-order valence-electron chi connectivity index (χ3n) is 3.08. The molecule has 0 radical (unpaired) electrons. The molecular formula is C13H17NO2. The van der Waals surface area contributed by atoms with Crippen molar-refractivity contribution in [2.75, 3.05) is 11.4 Å². The summed E-state index contributed by atoms with van der Waals surface area (Å²) in [6, 6.07) is 6.02. The fourth-order valence-electron chi connectivity index (χ4n) is 2.20. The summed E-state index contributed by atoms with van der Waals surface area (Å²) in [5, 5.41) is 9.21. The third kappa shape index (κ3) is 1.90. The van der Waals surface area contributed by atoms with E-state index in [4.69, 9.17) is 0 Å². The Morgan fingerprint density at radius 2 is 2.19 bits per heavy atom. The van der Waals surface area contributed by atoms with Crippen LogP contribution in [0.2, 0.25) is 0 Å². The summed E-state index contributed by atoms with van der Waals surface area (Å²) < 4.78 is 0. The van der Waals surface area contributed by atoms with Crippen LogP contribution in [0.3, 0.4) is 0 Å². The van der Waals surface area contributed by atoms with Crippen LogP contribution in [-0.4, -0.2) is 23.7 Å². The van der Waals surface area contributed by atoms with Crippen molar-refractivity contribution in [3.8, 4) is 0 Å². The Kier molecular flexibility index (Phi) is 2.86. The van der Waals surface area contributed by atoms with Gasteiger partial charge in [-0.2, -0.15) is 0 Å². The van der Waals surface area contributed by atoms with Gasteiger partial charge in [-0.15, -0.1) is 0 Å². The Morgan fingerprint density at radius 3 is 2.69 bits per heavy atom. The molecular weight excluding hydrogens is 202 g/mol. The first-order valence-corrected chi connectivity index (χ1v) is 5.74. The second-order valence-electron chi connectivity index (χ2n) is 4.29. The van der Waals surface area contributed by atoms with Crippen molar-refractivity contribution in [2.24, 2.45) is 0 Å². The number of carbonyl (C=O) groups is 1. The van der Waals surface area contributed by atoms with E-state index in [1.807, 2.05) is 19.1 Å². The molecule has 0 spiro atoms. The first-order valence-electron chi connectivity index (χ1n) is 5.74. The van der Waals surface area contributed by atoms with Crippen LogP contribution in [0.4, 0.5) is 5.69 Å². The lowest BCUT2D eigenvalue weighted by Gasteiger charge is -2.26. The van der Waals surface area contributed by atoms with E-state index in [-0.39, 0.29) is 0 Å². The molecule has 1 fully saturated rings. The number of hydrogen-bond donors (Lipinski definition) is 1. The van der Waals surface area contributed by atoms with Crippen molar-refractivity contribution in [3.05, 3.63) is 29.3 Å². The molecule has 1 aromatic carbocycles. The molecule has 1 aromatic rings. The zero-order valence-electron chi connectivity index (χ0n) is 9.73. The van der Waals surface area contributed by atoms with Crippen LogP contribution in [0.15, 0.2) is 18.2 Å². The molecule has 0 aromatic heterocycles. The SMILES string of the molecule is CCN(c1c(C)cccc1C(=O)O)C1CC1. The molecule has 1 aliphatic carbocycles. The van der Waals surface area contributed by atoms with Crippen molar-refractivity contribution in [3.63, 3.8) is 0 Å². The highest BCUT2D eigenvalue weighted by Crippen LogP contribution is 2.35. The van der Waals surface area contributed by atoms with Crippen LogP contribution in [0.1, 0.15) is 35.7 Å². The average molecular weight is 219 g/mol. The van der Waals surface area contributed by atoms with Gasteiger partial charge in [0.05, 0.1) is 11.3 Å². The van der Waals surface area contributed by atoms with E-state index in [0.717, 1.165) is 17.8 Å². The number of carboxylic acids is 1. The molecule has 1 N–H and O–H groups in total. The second-order valence-corrected chi connectivity index (χ2v) is 4.29. The summed E-state index contributed by atoms with van der Waals surface area (Å²) in [6.07, 6.45) is 2.36. The molecule has 1 saturated carbocycles. The van der Waals surface area contributed by atoms with Gasteiger partial charge >= 0.3 is 5.97 Å². The summed E-state index contributed by atoms with van der Waals surface area (Å²) in [5.41, 5.74) is 2.38. The molecule has 0 saturated heterocycles. The average Bonchev–Trinajstić information content (AvgIpc) is 3.05. The van der Waals surface area contributed by atoms with Gasteiger partial charge in [0.15, 0.2) is 0 Å². The van der Waals surface area contributed by atoms with Gasteiger partial charge in [0, 0.05) is 12.6 Å². The number of hydrogen-bond acceptors (Lipinski definition) is 2. The monoisotopic (exact) mass is 219 g/mol. The Morgan fingerprint density at radius 1 is 1.50 bits per heavy atom. The maximum absolute atomic E-state index is 11.2. The van der Waals surface area contributed by atoms with Crippen LogP contribution in [0, 0.1) is 6.92 Å². The minimum Gasteiger partial charge on any atom is -0.478 e. The summed E-state index contributed by atoms with van der Waals surface area (Å²) >= 11 is 0. The van der Waals surface area contributed by atoms with Gasteiger partial charge in [0.1, 0.15) is 0 Å². The number of aryl methyl sites for hydroxylation is 1. The fraction of sp³-hybridized carbons (Fsp3) is 0.462. The van der Waals surface area contributed by atoms with Crippen LogP contribution in [0.25, 0.3) is 0 Å². The van der Waals surface area contributed by atoms with Crippen molar-refractivity contribution >= 4 is 11.7 Å². The van der Waals surface area contributed by atoms with Crippen molar-refractivity contribution in [2.45, 2.75) is 32.7 Å². The fourth-order valence-corrected chi connectivity index (χ4v) is 2.20. The number of carboxylic acid groups (broad SMARTS) is 1. The number of anilines is 1. The number of aromatic carboxylic acids is 1. The summed E-state index contributed by atoms with van der Waals surface area (Å²) in [4.78, 5) is 13.4. The Bertz CT molecular complexity index is 410. The first kappa shape index (κ1) is 11.0. The lowest BCUT2D eigenvalue weighted by Crippen LogP contribution is -2.27. The van der Waals surface area contributed by atoms with Crippen molar-refractivity contribution in [1.82, 2.24) is 0 Å². The Labute approximate surface area is 95.7 Å². The maximum Gasteiger partial charge on any atom is 0.337 e. The molecule has 3 heteroatoms. The second kappa shape index (κ2) is 4.16. The summed E-state index contributed by atoms with van der Waals surface area (Å²) in [6.45, 7) is 4.93. The highest BCUT2D eigenvalue weighted by Gasteiger charge is 2.31. The normalized spacial score (nSPS) is 14.9. The predicted molar refractivity (Wildman–Crippen MR) is 64.2 cm³/mol. The van der Waals surface area contributed by atoms with E-state index < -0.39 is 5.97 Å². The first-order chi connectivity index (χ1) is 7.65. The standard InChI is InChI=1S/C13H17NO2/c1-3-14(10-7-8-10)12-9(2)5-4-6-11(12)13(15)16/h4-6,10H,3,7-8H2,1-2H3,(H,15,16). The quantitative estimate of drug-likeness (QED) is 0.846. The van der Waals surface area contributed by atoms with Crippen molar-refractivity contribution < 1.29 is 9.90 Å². The van der Waals surface area contributed by atoms with Crippen LogP contribution in [0.5, 0.6) is 0 Å². The molecule has 0 aliphatic heterocycles. The largest absolute Gasteiger partial charge is 0.478 e. The molecule has 0 bridgehead atoms. The Hall–Kier alpha value is -1.51. The van der Waals surface area contributed by atoms with Gasteiger partial charge in [-0.3, -0.25) is 0 Å². The van der Waals surface area contributed by atoms with Gasteiger partial charge in [0.2, 0.25) is 0 Å². The molecule has 16 heavy (non-hydrogen) atoms. The van der Waals surface area contributed by atoms with Crippen LogP contribution < -0.4 is 4.90 Å². The highest BCUT2D eigenvalue weighted by atomic mass is 16.4. The molecule has 0 amide bonds. The molecule has 2 rings (SSSR count). The topological polar surface area (TPSA) is 40.5 Å². The molecule has 3 nitrogen and oxygen atoms in total. The molecule has 0 unspecified atom stereocenters. The van der Waals surface area contributed by atoms with E-state index >= 15 is 0 Å². The van der Waals surface area contributed by atoms with E-state index in [2.05, 4.69) is 11.8 Å². The minimum atomic E-state index is -0.835. The van der Waals surface area contributed by atoms with Gasteiger partial charge < -0.3 is 10.0 Å². The zero-order chi connectivity index (χ0) is 11.7. The number of rotatable bonds is 4. The predicted octanol–water partition coefficient (Wildman–Crippen LogP) is 2.68. The molecule has 1 aliphatic rings. The smallest absolute Gasteiger partial charge is 0.337 e. The van der Waals surface area contributed by atoms with Gasteiger partial charge in [-0.05, 0) is 38.3 Å². The lowest BCUT2D eigenvalue weighted by molar-refractivity contribution is 0.0697. The van der Waals surface area contributed by atoms with Crippen LogP contribution >= 0.6 is 0 Å². The zero-order valence-corrected chi connectivity index (χ0v) is 9.73. The maximum atomic E-state index is 11.2. The molecule has 0 atom stereocenters. The van der Waals surface area contributed by atoms with Crippen molar-refractivity contribution in [1.29, 1.82) is 0 Å². The lowest BCUT2D eigenvalue weighted by atomic mass is 10.1. The number of benzene rings is 1. The van der Waals surface area contributed by atoms with Gasteiger partial charge in [-0.25, -0.2) is 4.79 Å². The van der Waals surface area contributed by atoms with Crippen LogP contribution in [-0.2, 0) is 0 Å². The summed E-state index contributed by atoms with van der Waals surface area (Å²) in [7, 11) is 0. The molecule has 0 heterocycles. The minimum absolute atomic E-state index is 0.425. The van der Waals surface area contributed by atoms with E-state index in [1.54, 1.807) is 6.07 Å². The number of nitrogens with zero attached hydrogens (tertiary/aromatic N) is 1. The highest BCUT2D eigenvalue weighted by molar-refractivity contribution is 5.95. The summed E-state index contributed by atoms with van der Waals surface area (Å²) in [5.74, 6) is -0.835. The van der Waals surface area contributed by atoms with E-state index in [0.29, 0.717) is 11.6 Å².